The minimum atomic E-state index is -0.166. The van der Waals surface area contributed by atoms with Crippen LogP contribution in [0.25, 0.3) is 0 Å². The molecule has 0 aliphatic carbocycles. The quantitative estimate of drug-likeness (QED) is 0.806. The second kappa shape index (κ2) is 9.48. The molecule has 6 nitrogen and oxygen atoms in total. The van der Waals surface area contributed by atoms with Crippen molar-refractivity contribution in [2.45, 2.75) is 13.5 Å². The van der Waals surface area contributed by atoms with E-state index < -0.39 is 0 Å². The second-order valence-corrected chi connectivity index (χ2v) is 7.25. The van der Waals surface area contributed by atoms with Crippen LogP contribution in [0, 0.1) is 6.92 Å². The van der Waals surface area contributed by atoms with Crippen LogP contribution in [0.5, 0.6) is 0 Å². The van der Waals surface area contributed by atoms with Gasteiger partial charge >= 0.3 is 0 Å². The van der Waals surface area contributed by atoms with Crippen molar-refractivity contribution in [3.05, 3.63) is 65.2 Å². The van der Waals surface area contributed by atoms with Gasteiger partial charge in [0.1, 0.15) is 0 Å². The third kappa shape index (κ3) is 5.65. The van der Waals surface area contributed by atoms with Gasteiger partial charge in [0.05, 0.1) is 6.54 Å². The number of nitrogens with one attached hydrogen (secondary N) is 2. The summed E-state index contributed by atoms with van der Waals surface area (Å²) in [5.41, 5.74) is 3.80. The summed E-state index contributed by atoms with van der Waals surface area (Å²) in [6, 6.07) is 15.6. The lowest BCUT2D eigenvalue weighted by Crippen LogP contribution is -2.48. The molecule has 1 aliphatic rings. The van der Waals surface area contributed by atoms with Gasteiger partial charge in [0.15, 0.2) is 0 Å². The topological polar surface area (TPSA) is 64.7 Å². The van der Waals surface area contributed by atoms with Gasteiger partial charge in [-0.15, -0.1) is 0 Å². The van der Waals surface area contributed by atoms with Gasteiger partial charge in [-0.1, -0.05) is 35.9 Å². The van der Waals surface area contributed by atoms with Crippen molar-refractivity contribution >= 4 is 17.5 Å². The lowest BCUT2D eigenvalue weighted by molar-refractivity contribution is -0.117. The van der Waals surface area contributed by atoms with Crippen LogP contribution in [0.2, 0.25) is 0 Å². The van der Waals surface area contributed by atoms with Crippen LogP contribution in [-0.4, -0.2) is 61.4 Å². The normalized spacial score (nSPS) is 15.2. The summed E-state index contributed by atoms with van der Waals surface area (Å²) >= 11 is 0. The summed E-state index contributed by atoms with van der Waals surface area (Å²) in [6.45, 7) is 7.08. The Labute approximate surface area is 166 Å². The number of piperazine rings is 1. The average molecular weight is 380 g/mol. The number of rotatable bonds is 6. The molecule has 0 atom stereocenters. The molecule has 2 N–H and O–H groups in total. The molecular weight excluding hydrogens is 352 g/mol. The lowest BCUT2D eigenvalue weighted by atomic mass is 10.1. The third-order valence-corrected chi connectivity index (χ3v) is 4.96. The van der Waals surface area contributed by atoms with Gasteiger partial charge in [0.25, 0.3) is 5.91 Å². The van der Waals surface area contributed by atoms with Crippen LogP contribution in [0.1, 0.15) is 21.5 Å². The summed E-state index contributed by atoms with van der Waals surface area (Å²) in [4.78, 5) is 28.7. The Morgan fingerprint density at radius 3 is 2.39 bits per heavy atom. The van der Waals surface area contributed by atoms with Crippen molar-refractivity contribution in [3.8, 4) is 0 Å². The molecule has 1 aliphatic heterocycles. The highest BCUT2D eigenvalue weighted by Crippen LogP contribution is 2.12. The molecule has 28 heavy (non-hydrogen) atoms. The third-order valence-electron chi connectivity index (χ3n) is 4.96. The standard InChI is InChI=1S/C22H28N4O2/c1-17-5-3-6-18(13-17)15-25-9-11-26(12-10-25)16-21(27)24-20-8-4-7-19(14-20)22(28)23-2/h3-8,13-14H,9-12,15-16H2,1-2H3,(H,23,28)(H,24,27). The molecule has 0 radical (unpaired) electrons. The number of hydrogen-bond donors (Lipinski definition) is 2. The molecule has 0 unspecified atom stereocenters. The number of amides is 2. The smallest absolute Gasteiger partial charge is 0.251 e. The second-order valence-electron chi connectivity index (χ2n) is 7.25. The van der Waals surface area contributed by atoms with E-state index in [1.54, 1.807) is 31.3 Å². The van der Waals surface area contributed by atoms with Crippen molar-refractivity contribution in [2.75, 3.05) is 45.1 Å². The van der Waals surface area contributed by atoms with Gasteiger partial charge in [0, 0.05) is 51.0 Å². The van der Waals surface area contributed by atoms with E-state index >= 15 is 0 Å². The first-order chi connectivity index (χ1) is 13.5. The summed E-state index contributed by atoms with van der Waals surface area (Å²) in [5.74, 6) is -0.220. The van der Waals surface area contributed by atoms with Crippen LogP contribution in [0.3, 0.4) is 0 Å². The lowest BCUT2D eigenvalue weighted by Gasteiger charge is -2.34. The molecular formula is C22H28N4O2. The van der Waals surface area contributed by atoms with Crippen molar-refractivity contribution in [1.82, 2.24) is 15.1 Å². The zero-order valence-electron chi connectivity index (χ0n) is 16.6. The number of anilines is 1. The van der Waals surface area contributed by atoms with E-state index in [0.717, 1.165) is 32.7 Å². The van der Waals surface area contributed by atoms with E-state index in [1.807, 2.05) is 0 Å². The van der Waals surface area contributed by atoms with E-state index in [1.165, 1.54) is 11.1 Å². The maximum atomic E-state index is 12.4. The molecule has 2 aromatic rings. The molecule has 2 amide bonds. The zero-order valence-corrected chi connectivity index (χ0v) is 16.6. The summed E-state index contributed by atoms with van der Waals surface area (Å²) in [5, 5.41) is 5.48. The number of aryl methyl sites for hydroxylation is 1. The predicted octanol–water partition coefficient (Wildman–Crippen LogP) is 2.11. The van der Waals surface area contributed by atoms with Gasteiger partial charge in [-0.3, -0.25) is 19.4 Å². The fourth-order valence-corrected chi connectivity index (χ4v) is 3.46. The first kappa shape index (κ1) is 20.0. The first-order valence-corrected chi connectivity index (χ1v) is 9.66. The zero-order chi connectivity index (χ0) is 19.9. The predicted molar refractivity (Wildman–Crippen MR) is 111 cm³/mol. The monoisotopic (exact) mass is 380 g/mol. The Bertz CT molecular complexity index is 829. The highest BCUT2D eigenvalue weighted by Gasteiger charge is 2.19. The summed E-state index contributed by atoms with van der Waals surface area (Å²) in [7, 11) is 1.59. The number of carbonyl (C=O) groups is 2. The number of carbonyl (C=O) groups excluding carboxylic acids is 2. The minimum Gasteiger partial charge on any atom is -0.355 e. The minimum absolute atomic E-state index is 0.0545. The highest BCUT2D eigenvalue weighted by molar-refractivity contribution is 5.97. The number of benzene rings is 2. The van der Waals surface area contributed by atoms with Crippen molar-refractivity contribution < 1.29 is 9.59 Å². The molecule has 1 saturated heterocycles. The average Bonchev–Trinajstić information content (AvgIpc) is 2.69. The van der Waals surface area contributed by atoms with E-state index in [-0.39, 0.29) is 11.8 Å². The number of hydrogen-bond acceptors (Lipinski definition) is 4. The van der Waals surface area contributed by atoms with Gasteiger partial charge < -0.3 is 10.6 Å². The Balaban J connectivity index is 1.45. The van der Waals surface area contributed by atoms with E-state index in [4.69, 9.17) is 0 Å². The molecule has 0 aromatic heterocycles. The van der Waals surface area contributed by atoms with E-state index in [0.29, 0.717) is 17.8 Å². The molecule has 0 spiro atoms. The molecule has 6 heteroatoms. The Kier molecular flexibility index (Phi) is 6.79. The summed E-state index contributed by atoms with van der Waals surface area (Å²) in [6.07, 6.45) is 0. The van der Waals surface area contributed by atoms with E-state index in [9.17, 15) is 9.59 Å². The Morgan fingerprint density at radius 2 is 1.68 bits per heavy atom. The van der Waals surface area contributed by atoms with Crippen molar-refractivity contribution in [2.24, 2.45) is 0 Å². The van der Waals surface area contributed by atoms with Gasteiger partial charge in [0.2, 0.25) is 5.91 Å². The molecule has 2 aromatic carbocycles. The number of nitrogens with zero attached hydrogens (tertiary/aromatic N) is 2. The SMILES string of the molecule is CNC(=O)c1cccc(NC(=O)CN2CCN(Cc3cccc(C)c3)CC2)c1. The fraction of sp³-hybridized carbons (Fsp3) is 0.364. The van der Waals surface area contributed by atoms with Crippen LogP contribution < -0.4 is 10.6 Å². The van der Waals surface area contributed by atoms with Crippen LogP contribution >= 0.6 is 0 Å². The molecule has 1 heterocycles. The van der Waals surface area contributed by atoms with Gasteiger partial charge in [-0.05, 0) is 30.7 Å². The maximum absolute atomic E-state index is 12.4. The molecule has 1 fully saturated rings. The molecule has 0 saturated carbocycles. The van der Waals surface area contributed by atoms with E-state index in [2.05, 4.69) is 51.6 Å². The van der Waals surface area contributed by atoms with Crippen molar-refractivity contribution in [1.29, 1.82) is 0 Å². The van der Waals surface area contributed by atoms with Crippen LogP contribution in [0.15, 0.2) is 48.5 Å². The maximum Gasteiger partial charge on any atom is 0.251 e. The van der Waals surface area contributed by atoms with Gasteiger partial charge in [-0.25, -0.2) is 0 Å². The molecule has 148 valence electrons. The van der Waals surface area contributed by atoms with Crippen LogP contribution in [-0.2, 0) is 11.3 Å². The first-order valence-electron chi connectivity index (χ1n) is 9.66. The Morgan fingerprint density at radius 1 is 0.964 bits per heavy atom. The van der Waals surface area contributed by atoms with Gasteiger partial charge in [-0.2, -0.15) is 0 Å². The fourth-order valence-electron chi connectivity index (χ4n) is 3.46. The summed E-state index contributed by atoms with van der Waals surface area (Å²) < 4.78 is 0. The molecule has 0 bridgehead atoms. The highest BCUT2D eigenvalue weighted by atomic mass is 16.2. The van der Waals surface area contributed by atoms with Crippen molar-refractivity contribution in [3.63, 3.8) is 0 Å². The van der Waals surface area contributed by atoms with Crippen LogP contribution in [0.4, 0.5) is 5.69 Å². The Hall–Kier alpha value is -2.70. The largest absolute Gasteiger partial charge is 0.355 e. The molecule has 3 rings (SSSR count).